The number of rotatable bonds is 2. The summed E-state index contributed by atoms with van der Waals surface area (Å²) in [6.07, 6.45) is -0.642. The zero-order valence-corrected chi connectivity index (χ0v) is 11.7. The predicted molar refractivity (Wildman–Crippen MR) is 74.0 cm³/mol. The minimum absolute atomic E-state index is 0.221. The van der Waals surface area contributed by atoms with Crippen molar-refractivity contribution in [3.05, 3.63) is 29.3 Å². The molecule has 2 fully saturated rings. The molecule has 4 amide bonds. The number of ether oxygens (including phenoxy) is 1. The van der Waals surface area contributed by atoms with Crippen molar-refractivity contribution in [2.24, 2.45) is 0 Å². The monoisotopic (exact) mass is 309 g/mol. The summed E-state index contributed by atoms with van der Waals surface area (Å²) in [7, 11) is 0. The van der Waals surface area contributed by atoms with Gasteiger partial charge in [0, 0.05) is 13.1 Å². The highest BCUT2D eigenvalue weighted by molar-refractivity contribution is 6.33. The summed E-state index contributed by atoms with van der Waals surface area (Å²) in [5.74, 6) is -0.365. The third-order valence-corrected chi connectivity index (χ3v) is 3.74. The summed E-state index contributed by atoms with van der Waals surface area (Å²) in [6.45, 7) is 0.357. The average molecular weight is 310 g/mol. The van der Waals surface area contributed by atoms with E-state index < -0.39 is 6.09 Å². The molecule has 0 bridgehead atoms. The fraction of sp³-hybridized carbons (Fsp3) is 0.308. The number of hydrogen-bond donors (Lipinski definition) is 1. The Morgan fingerprint density at radius 2 is 2.00 bits per heavy atom. The minimum atomic E-state index is -0.642. The Morgan fingerprint density at radius 3 is 2.62 bits per heavy atom. The molecule has 0 unspecified atom stereocenters. The number of likely N-dealkylation sites (tertiary alicyclic amines) is 1. The van der Waals surface area contributed by atoms with Crippen molar-refractivity contribution in [3.63, 3.8) is 0 Å². The van der Waals surface area contributed by atoms with Gasteiger partial charge in [0.2, 0.25) is 0 Å². The number of cyclic esters (lactones) is 1. The van der Waals surface area contributed by atoms with E-state index in [0.29, 0.717) is 10.7 Å². The molecule has 0 aromatic heterocycles. The first-order valence-electron chi connectivity index (χ1n) is 6.35. The van der Waals surface area contributed by atoms with Crippen LogP contribution in [0, 0.1) is 0 Å². The number of urea groups is 1. The van der Waals surface area contributed by atoms with Crippen LogP contribution in [0.4, 0.5) is 15.3 Å². The normalized spacial score (nSPS) is 18.5. The van der Waals surface area contributed by atoms with Gasteiger partial charge in [-0.2, -0.15) is 0 Å². The molecule has 3 rings (SSSR count). The van der Waals surface area contributed by atoms with Gasteiger partial charge >= 0.3 is 12.1 Å². The Labute approximate surface area is 125 Å². The second-order valence-corrected chi connectivity index (χ2v) is 5.19. The quantitative estimate of drug-likeness (QED) is 0.898. The van der Waals surface area contributed by atoms with Gasteiger partial charge in [0.15, 0.2) is 6.61 Å². The van der Waals surface area contributed by atoms with Crippen LogP contribution in [0.5, 0.6) is 0 Å². The molecule has 2 saturated heterocycles. The lowest BCUT2D eigenvalue weighted by Crippen LogP contribution is -2.63. The molecule has 2 aliphatic heterocycles. The summed E-state index contributed by atoms with van der Waals surface area (Å²) in [5.41, 5.74) is 0.518. The predicted octanol–water partition coefficient (Wildman–Crippen LogP) is 1.53. The number of amides is 4. The number of hydrogen-bond acceptors (Lipinski definition) is 4. The maximum absolute atomic E-state index is 12.0. The van der Waals surface area contributed by atoms with Crippen molar-refractivity contribution in [2.75, 3.05) is 25.0 Å². The van der Waals surface area contributed by atoms with Crippen molar-refractivity contribution in [1.82, 2.24) is 9.80 Å². The van der Waals surface area contributed by atoms with Gasteiger partial charge in [0.1, 0.15) is 0 Å². The number of nitrogens with zero attached hydrogens (tertiary/aromatic N) is 2. The van der Waals surface area contributed by atoms with Gasteiger partial charge in [-0.3, -0.25) is 4.79 Å². The van der Waals surface area contributed by atoms with E-state index >= 15 is 0 Å². The Kier molecular flexibility index (Phi) is 3.42. The second-order valence-electron chi connectivity index (χ2n) is 4.79. The molecule has 110 valence electrons. The highest BCUT2D eigenvalue weighted by Gasteiger charge is 2.44. The van der Waals surface area contributed by atoms with Gasteiger partial charge in [-0.05, 0) is 12.1 Å². The highest BCUT2D eigenvalue weighted by Crippen LogP contribution is 2.23. The van der Waals surface area contributed by atoms with E-state index in [-0.39, 0.29) is 37.7 Å². The first-order chi connectivity index (χ1) is 10.1. The molecule has 8 heteroatoms. The molecular formula is C13H12ClN3O4. The number of imide groups is 1. The standard InChI is InChI=1S/C13H12ClN3O4/c14-9-3-1-2-4-10(9)15-12(19)16-5-8(6-16)17-11(18)7-21-13(17)20/h1-4,8H,5-7H2,(H,15,19). The number of carbonyl (C=O) groups is 3. The highest BCUT2D eigenvalue weighted by atomic mass is 35.5. The Bertz CT molecular complexity index is 599. The number of carbonyl (C=O) groups excluding carboxylic acids is 3. The van der Waals surface area contributed by atoms with Gasteiger partial charge in [-0.15, -0.1) is 0 Å². The topological polar surface area (TPSA) is 79.0 Å². The first-order valence-corrected chi connectivity index (χ1v) is 6.73. The van der Waals surface area contributed by atoms with Crippen molar-refractivity contribution in [2.45, 2.75) is 6.04 Å². The number of benzene rings is 1. The Balaban J connectivity index is 1.57. The molecule has 0 atom stereocenters. The third kappa shape index (κ3) is 2.52. The van der Waals surface area contributed by atoms with Gasteiger partial charge in [-0.1, -0.05) is 23.7 Å². The summed E-state index contributed by atoms with van der Waals surface area (Å²) in [6, 6.07) is 6.26. The summed E-state index contributed by atoms with van der Waals surface area (Å²) in [5, 5.41) is 3.13. The van der Waals surface area contributed by atoms with Gasteiger partial charge in [0.25, 0.3) is 5.91 Å². The second kappa shape index (κ2) is 5.25. The molecule has 1 aromatic rings. The maximum Gasteiger partial charge on any atom is 0.417 e. The van der Waals surface area contributed by atoms with Crippen LogP contribution in [0.15, 0.2) is 24.3 Å². The van der Waals surface area contributed by atoms with Crippen LogP contribution in [0.2, 0.25) is 5.02 Å². The van der Waals surface area contributed by atoms with Crippen LogP contribution in [-0.4, -0.2) is 53.6 Å². The van der Waals surface area contributed by atoms with E-state index in [9.17, 15) is 14.4 Å². The average Bonchev–Trinajstić information content (AvgIpc) is 2.72. The zero-order chi connectivity index (χ0) is 15.0. The fourth-order valence-corrected chi connectivity index (χ4v) is 2.44. The molecule has 0 spiro atoms. The molecule has 21 heavy (non-hydrogen) atoms. The third-order valence-electron chi connectivity index (χ3n) is 3.41. The molecule has 1 aromatic carbocycles. The zero-order valence-electron chi connectivity index (χ0n) is 10.9. The maximum atomic E-state index is 12.0. The van der Waals surface area contributed by atoms with E-state index in [1.54, 1.807) is 24.3 Å². The van der Waals surface area contributed by atoms with Crippen LogP contribution in [0.25, 0.3) is 0 Å². The Morgan fingerprint density at radius 1 is 1.29 bits per heavy atom. The van der Waals surface area contributed by atoms with E-state index in [1.807, 2.05) is 0 Å². The van der Waals surface area contributed by atoms with Crippen LogP contribution in [-0.2, 0) is 9.53 Å². The van der Waals surface area contributed by atoms with Crippen LogP contribution >= 0.6 is 11.6 Å². The van der Waals surface area contributed by atoms with Crippen LogP contribution in [0.3, 0.4) is 0 Å². The summed E-state index contributed by atoms with van der Waals surface area (Å²) in [4.78, 5) is 37.4. The lowest BCUT2D eigenvalue weighted by Gasteiger charge is -2.41. The number of anilines is 1. The molecule has 0 saturated carbocycles. The van der Waals surface area contributed by atoms with Crippen molar-refractivity contribution in [1.29, 1.82) is 0 Å². The Hall–Kier alpha value is -2.28. The lowest BCUT2D eigenvalue weighted by atomic mass is 10.1. The number of nitrogens with one attached hydrogen (secondary N) is 1. The van der Waals surface area contributed by atoms with E-state index in [2.05, 4.69) is 10.1 Å². The summed E-state index contributed by atoms with van der Waals surface area (Å²) < 4.78 is 4.64. The summed E-state index contributed by atoms with van der Waals surface area (Å²) >= 11 is 5.96. The minimum Gasteiger partial charge on any atom is -0.439 e. The molecule has 1 N–H and O–H groups in total. The van der Waals surface area contributed by atoms with Crippen molar-refractivity contribution < 1.29 is 19.1 Å². The number of para-hydroxylation sites is 1. The first kappa shape index (κ1) is 13.7. The molecule has 7 nitrogen and oxygen atoms in total. The number of halogens is 1. The van der Waals surface area contributed by atoms with Crippen molar-refractivity contribution >= 4 is 35.3 Å². The molecule has 0 aliphatic carbocycles. The lowest BCUT2D eigenvalue weighted by molar-refractivity contribution is -0.129. The molecular weight excluding hydrogens is 298 g/mol. The smallest absolute Gasteiger partial charge is 0.417 e. The van der Waals surface area contributed by atoms with Crippen molar-refractivity contribution in [3.8, 4) is 0 Å². The molecule has 2 heterocycles. The van der Waals surface area contributed by atoms with Gasteiger partial charge in [-0.25, -0.2) is 14.5 Å². The van der Waals surface area contributed by atoms with Crippen LogP contribution in [0.1, 0.15) is 0 Å². The molecule has 0 radical (unpaired) electrons. The SMILES string of the molecule is O=C(Nc1ccccc1Cl)N1CC(N2C(=O)COC2=O)C1. The largest absolute Gasteiger partial charge is 0.439 e. The van der Waals surface area contributed by atoms with Crippen LogP contribution < -0.4 is 5.32 Å². The fourth-order valence-electron chi connectivity index (χ4n) is 2.26. The van der Waals surface area contributed by atoms with Gasteiger partial charge < -0.3 is 15.0 Å². The van der Waals surface area contributed by atoms with E-state index in [1.165, 1.54) is 4.90 Å². The van der Waals surface area contributed by atoms with Gasteiger partial charge in [0.05, 0.1) is 16.8 Å². The van der Waals surface area contributed by atoms with E-state index in [4.69, 9.17) is 11.6 Å². The molecule has 2 aliphatic rings. The van der Waals surface area contributed by atoms with E-state index in [0.717, 1.165) is 4.90 Å².